The smallest absolute Gasteiger partial charge is 0.245 e. The van der Waals surface area contributed by atoms with Crippen molar-refractivity contribution in [2.45, 2.75) is 19.3 Å². The van der Waals surface area contributed by atoms with Gasteiger partial charge in [-0.1, -0.05) is 0 Å². The summed E-state index contributed by atoms with van der Waals surface area (Å²) < 4.78 is 0. The van der Waals surface area contributed by atoms with Gasteiger partial charge in [-0.25, -0.2) is 5.06 Å². The maximum absolute atomic E-state index is 10.5. The van der Waals surface area contributed by atoms with Crippen LogP contribution >= 0.6 is 0 Å². The van der Waals surface area contributed by atoms with Gasteiger partial charge in [0.1, 0.15) is 0 Å². The molecule has 0 saturated carbocycles. The molecule has 1 amide bonds. The third-order valence-corrected chi connectivity index (χ3v) is 1.30. The lowest BCUT2D eigenvalue weighted by Crippen LogP contribution is -2.31. The molecule has 3 nitrogen and oxygen atoms in total. The Morgan fingerprint density at radius 2 is 2.25 bits per heavy atom. The monoisotopic (exact) mass is 115 g/mol. The average Bonchev–Trinajstić information content (AvgIpc) is 1.77. The van der Waals surface area contributed by atoms with Crippen LogP contribution in [0.2, 0.25) is 0 Å². The zero-order chi connectivity index (χ0) is 5.98. The van der Waals surface area contributed by atoms with E-state index in [9.17, 15) is 4.79 Å². The minimum atomic E-state index is -0.142. The fraction of sp³-hybridized carbons (Fsp3) is 0.800. The van der Waals surface area contributed by atoms with Crippen LogP contribution in [0.5, 0.6) is 0 Å². The summed E-state index contributed by atoms with van der Waals surface area (Å²) in [7, 11) is 0. The van der Waals surface area contributed by atoms with Crippen LogP contribution in [0.3, 0.4) is 0 Å². The highest BCUT2D eigenvalue weighted by molar-refractivity contribution is 5.75. The van der Waals surface area contributed by atoms with Crippen LogP contribution in [0.25, 0.3) is 0 Å². The summed E-state index contributed by atoms with van der Waals surface area (Å²) in [6.45, 7) is 0.513. The van der Waals surface area contributed by atoms with Crippen molar-refractivity contribution in [3.63, 3.8) is 0 Å². The zero-order valence-electron chi connectivity index (χ0n) is 4.63. The van der Waals surface area contributed by atoms with Crippen molar-refractivity contribution in [1.29, 1.82) is 0 Å². The molecule has 0 bridgehead atoms. The Hall–Kier alpha value is -0.570. The summed E-state index contributed by atoms with van der Waals surface area (Å²) in [6.07, 6.45) is 2.37. The number of carbonyl (C=O) groups excluding carboxylic acids is 1. The SMILES string of the molecule is O=C1CCCCN1O. The Bertz CT molecular complexity index is 103. The number of amides is 1. The van der Waals surface area contributed by atoms with Crippen LogP contribution in [0.1, 0.15) is 19.3 Å². The van der Waals surface area contributed by atoms with Crippen LogP contribution in [-0.2, 0) is 4.79 Å². The molecule has 1 heterocycles. The van der Waals surface area contributed by atoms with Crippen molar-refractivity contribution >= 4 is 5.91 Å². The van der Waals surface area contributed by atoms with Crippen molar-refractivity contribution in [1.82, 2.24) is 5.06 Å². The molecule has 1 aliphatic rings. The third-order valence-electron chi connectivity index (χ3n) is 1.30. The number of hydrogen-bond acceptors (Lipinski definition) is 2. The first-order valence-electron chi connectivity index (χ1n) is 2.80. The van der Waals surface area contributed by atoms with Gasteiger partial charge < -0.3 is 0 Å². The number of hydrogen-bond donors (Lipinski definition) is 1. The molecular weight excluding hydrogens is 106 g/mol. The van der Waals surface area contributed by atoms with Crippen molar-refractivity contribution in [3.8, 4) is 0 Å². The molecule has 0 unspecified atom stereocenters. The summed E-state index contributed by atoms with van der Waals surface area (Å²) in [5, 5.41) is 9.46. The second-order valence-electron chi connectivity index (χ2n) is 1.97. The molecule has 0 radical (unpaired) electrons. The molecule has 8 heavy (non-hydrogen) atoms. The van der Waals surface area contributed by atoms with Gasteiger partial charge in [0.2, 0.25) is 5.91 Å². The van der Waals surface area contributed by atoms with Gasteiger partial charge in [0.05, 0.1) is 0 Å². The predicted molar refractivity (Wildman–Crippen MR) is 27.4 cm³/mol. The quantitative estimate of drug-likeness (QED) is 0.464. The second-order valence-corrected chi connectivity index (χ2v) is 1.97. The summed E-state index contributed by atoms with van der Waals surface area (Å²) in [5.41, 5.74) is 0. The van der Waals surface area contributed by atoms with E-state index in [1.807, 2.05) is 0 Å². The van der Waals surface area contributed by atoms with Crippen LogP contribution in [0.4, 0.5) is 0 Å². The lowest BCUT2D eigenvalue weighted by Gasteiger charge is -2.18. The zero-order valence-corrected chi connectivity index (χ0v) is 4.63. The van der Waals surface area contributed by atoms with Gasteiger partial charge in [-0.2, -0.15) is 0 Å². The maximum Gasteiger partial charge on any atom is 0.245 e. The first kappa shape index (κ1) is 5.56. The number of nitrogens with zero attached hydrogens (tertiary/aromatic N) is 1. The Kier molecular flexibility index (Phi) is 1.48. The predicted octanol–water partition coefficient (Wildman–Crippen LogP) is 0.388. The molecule has 0 aromatic rings. The van der Waals surface area contributed by atoms with E-state index >= 15 is 0 Å². The number of hydroxylamine groups is 2. The molecule has 1 aliphatic heterocycles. The first-order chi connectivity index (χ1) is 3.80. The highest BCUT2D eigenvalue weighted by Crippen LogP contribution is 2.06. The van der Waals surface area contributed by atoms with E-state index in [1.54, 1.807) is 0 Å². The van der Waals surface area contributed by atoms with Crippen molar-refractivity contribution < 1.29 is 10.0 Å². The molecule has 0 atom stereocenters. The Balaban J connectivity index is 2.39. The molecule has 1 saturated heterocycles. The first-order valence-corrected chi connectivity index (χ1v) is 2.80. The fourth-order valence-corrected chi connectivity index (χ4v) is 0.792. The molecule has 3 heteroatoms. The van der Waals surface area contributed by atoms with Crippen molar-refractivity contribution in [2.75, 3.05) is 6.54 Å². The summed E-state index contributed by atoms with van der Waals surface area (Å²) >= 11 is 0. The van der Waals surface area contributed by atoms with E-state index in [1.165, 1.54) is 0 Å². The molecule has 1 N–H and O–H groups in total. The van der Waals surface area contributed by atoms with E-state index in [2.05, 4.69) is 0 Å². The van der Waals surface area contributed by atoms with Gasteiger partial charge in [0, 0.05) is 13.0 Å². The summed E-state index contributed by atoms with van der Waals surface area (Å²) in [4.78, 5) is 10.5. The standard InChI is InChI=1S/C5H9NO2/c7-5-3-1-2-4-6(5)8/h8H,1-4H2. The number of rotatable bonds is 0. The van der Waals surface area contributed by atoms with Gasteiger partial charge in [-0.05, 0) is 12.8 Å². The lowest BCUT2D eigenvalue weighted by molar-refractivity contribution is -0.169. The third kappa shape index (κ3) is 0.980. The highest BCUT2D eigenvalue weighted by atomic mass is 16.5. The van der Waals surface area contributed by atoms with E-state index in [4.69, 9.17) is 5.21 Å². The molecule has 0 aliphatic carbocycles. The van der Waals surface area contributed by atoms with E-state index in [-0.39, 0.29) is 5.91 Å². The van der Waals surface area contributed by atoms with Crippen LogP contribution in [-0.4, -0.2) is 22.7 Å². The van der Waals surface area contributed by atoms with E-state index < -0.39 is 0 Å². The number of piperidine rings is 1. The second kappa shape index (κ2) is 2.13. The van der Waals surface area contributed by atoms with Gasteiger partial charge in [0.25, 0.3) is 0 Å². The van der Waals surface area contributed by atoms with E-state index in [0.717, 1.165) is 17.9 Å². The largest absolute Gasteiger partial charge is 0.286 e. The molecular formula is C5H9NO2. The Morgan fingerprint density at radius 1 is 1.50 bits per heavy atom. The Labute approximate surface area is 47.9 Å². The van der Waals surface area contributed by atoms with Crippen molar-refractivity contribution in [3.05, 3.63) is 0 Å². The van der Waals surface area contributed by atoms with Crippen LogP contribution in [0, 0.1) is 0 Å². The minimum absolute atomic E-state index is 0.142. The van der Waals surface area contributed by atoms with Crippen LogP contribution in [0.15, 0.2) is 0 Å². The van der Waals surface area contributed by atoms with Crippen LogP contribution < -0.4 is 0 Å². The molecule has 46 valence electrons. The molecule has 0 spiro atoms. The molecule has 0 aromatic carbocycles. The van der Waals surface area contributed by atoms with Gasteiger partial charge in [-0.3, -0.25) is 10.0 Å². The average molecular weight is 115 g/mol. The maximum atomic E-state index is 10.5. The van der Waals surface area contributed by atoms with E-state index in [0.29, 0.717) is 13.0 Å². The molecule has 1 rings (SSSR count). The minimum Gasteiger partial charge on any atom is -0.286 e. The van der Waals surface area contributed by atoms with Gasteiger partial charge in [-0.15, -0.1) is 0 Å². The van der Waals surface area contributed by atoms with Gasteiger partial charge in [0.15, 0.2) is 0 Å². The Morgan fingerprint density at radius 3 is 2.62 bits per heavy atom. The molecule has 1 fully saturated rings. The van der Waals surface area contributed by atoms with Crippen molar-refractivity contribution in [2.24, 2.45) is 0 Å². The molecule has 0 aromatic heterocycles. The summed E-state index contributed by atoms with van der Waals surface area (Å²) in [5.74, 6) is -0.142. The van der Waals surface area contributed by atoms with Gasteiger partial charge >= 0.3 is 0 Å². The topological polar surface area (TPSA) is 40.5 Å². The summed E-state index contributed by atoms with van der Waals surface area (Å²) in [6, 6.07) is 0. The lowest BCUT2D eigenvalue weighted by atomic mass is 10.2. The highest BCUT2D eigenvalue weighted by Gasteiger charge is 2.14. The normalized spacial score (nSPS) is 21.6. The number of carbonyl (C=O) groups is 1. The fourth-order valence-electron chi connectivity index (χ4n) is 0.792.